The molecule has 0 fully saturated rings. The minimum Gasteiger partial charge on any atom is -0.399 e. The SMILES string of the molecule is CC(C)C=O.CCOCCO.CN(C)CCOCCO.Nc1ccccc1. The number of nitrogen functional groups attached to an aromatic ring is 1. The second-order valence-corrected chi connectivity index (χ2v) is 5.85. The van der Waals surface area contributed by atoms with Crippen molar-refractivity contribution in [2.75, 3.05) is 66.0 Å². The summed E-state index contributed by atoms with van der Waals surface area (Å²) in [5.41, 5.74) is 6.18. The summed E-state index contributed by atoms with van der Waals surface area (Å²) in [5.74, 6) is 0.204. The number of hydrogen-bond acceptors (Lipinski definition) is 7. The van der Waals surface area contributed by atoms with Crippen LogP contribution in [0.3, 0.4) is 0 Å². The number of ether oxygens (including phenoxy) is 2. The van der Waals surface area contributed by atoms with Gasteiger partial charge in [0.25, 0.3) is 0 Å². The summed E-state index contributed by atoms with van der Waals surface area (Å²) in [6.07, 6.45) is 0.917. The molecule has 0 amide bonds. The molecular formula is C20H40N2O5. The van der Waals surface area contributed by atoms with Gasteiger partial charge < -0.3 is 35.1 Å². The molecule has 27 heavy (non-hydrogen) atoms. The lowest BCUT2D eigenvalue weighted by Gasteiger charge is -2.08. The molecule has 0 aliphatic carbocycles. The Balaban J connectivity index is -0.000000291. The molecule has 0 radical (unpaired) electrons. The molecule has 160 valence electrons. The average molecular weight is 389 g/mol. The van der Waals surface area contributed by atoms with Gasteiger partial charge >= 0.3 is 0 Å². The third-order valence-electron chi connectivity index (χ3n) is 2.43. The number of aliphatic hydroxyl groups excluding tert-OH is 2. The molecule has 4 N–H and O–H groups in total. The second kappa shape index (κ2) is 26.7. The fourth-order valence-corrected chi connectivity index (χ4v) is 1.08. The summed E-state index contributed by atoms with van der Waals surface area (Å²) in [7, 11) is 3.98. The van der Waals surface area contributed by atoms with E-state index in [1.165, 1.54) is 0 Å². The highest BCUT2D eigenvalue weighted by atomic mass is 16.5. The van der Waals surface area contributed by atoms with Crippen LogP contribution in [0.5, 0.6) is 0 Å². The molecule has 0 atom stereocenters. The molecule has 1 rings (SSSR count). The molecule has 0 aliphatic heterocycles. The minimum absolute atomic E-state index is 0.118. The Morgan fingerprint density at radius 2 is 1.52 bits per heavy atom. The van der Waals surface area contributed by atoms with Crippen LogP contribution in [0.2, 0.25) is 0 Å². The number of nitrogens with zero attached hydrogens (tertiary/aromatic N) is 1. The van der Waals surface area contributed by atoms with Gasteiger partial charge in [-0.2, -0.15) is 0 Å². The van der Waals surface area contributed by atoms with Crippen molar-refractivity contribution < 1.29 is 24.5 Å². The third-order valence-corrected chi connectivity index (χ3v) is 2.43. The lowest BCUT2D eigenvalue weighted by molar-refractivity contribution is -0.110. The topological polar surface area (TPSA) is 105 Å². The quantitative estimate of drug-likeness (QED) is 0.336. The lowest BCUT2D eigenvalue weighted by atomic mass is 10.3. The van der Waals surface area contributed by atoms with Gasteiger partial charge in [0.1, 0.15) is 6.29 Å². The molecule has 7 nitrogen and oxygen atoms in total. The number of rotatable bonds is 9. The first-order chi connectivity index (χ1) is 12.8. The predicted molar refractivity (Wildman–Crippen MR) is 112 cm³/mol. The maximum absolute atomic E-state index is 9.50. The standard InChI is InChI=1S/C6H15NO2.C6H7N.C4H10O2.C4H8O/c1-7(2)3-5-9-6-4-8;7-6-4-2-1-3-5-6;1-2-6-4-3-5;1-4(2)3-5/h8H,3-6H2,1-2H3;1-5H,7H2;5H,2-4H2,1H3;3-4H,1-2H3. The maximum Gasteiger partial charge on any atom is 0.122 e. The first-order valence-electron chi connectivity index (χ1n) is 9.13. The number of carbonyl (C=O) groups excluding carboxylic acids is 1. The van der Waals surface area contributed by atoms with Gasteiger partial charge in [-0.3, -0.25) is 0 Å². The summed E-state index contributed by atoms with van der Waals surface area (Å²) in [4.78, 5) is 11.5. The first kappa shape index (κ1) is 30.2. The highest BCUT2D eigenvalue weighted by Crippen LogP contribution is 1.95. The zero-order chi connectivity index (χ0) is 21.3. The van der Waals surface area contributed by atoms with E-state index in [9.17, 15) is 4.79 Å². The van der Waals surface area contributed by atoms with Crippen molar-refractivity contribution in [2.45, 2.75) is 20.8 Å². The van der Waals surface area contributed by atoms with Gasteiger partial charge in [0.15, 0.2) is 0 Å². The third kappa shape index (κ3) is 40.5. The summed E-state index contributed by atoms with van der Waals surface area (Å²) >= 11 is 0. The van der Waals surface area contributed by atoms with E-state index in [4.69, 9.17) is 25.4 Å². The molecule has 0 unspecified atom stereocenters. The Labute approximate surface area is 165 Å². The van der Waals surface area contributed by atoms with E-state index in [0.717, 1.165) is 18.5 Å². The number of carbonyl (C=O) groups is 1. The van der Waals surface area contributed by atoms with Crippen LogP contribution < -0.4 is 5.73 Å². The first-order valence-corrected chi connectivity index (χ1v) is 9.13. The second-order valence-electron chi connectivity index (χ2n) is 5.85. The van der Waals surface area contributed by atoms with Crippen LogP contribution in [0.4, 0.5) is 5.69 Å². The van der Waals surface area contributed by atoms with Crippen molar-refractivity contribution in [3.63, 3.8) is 0 Å². The fourth-order valence-electron chi connectivity index (χ4n) is 1.08. The van der Waals surface area contributed by atoms with E-state index in [1.807, 2.05) is 70.1 Å². The van der Waals surface area contributed by atoms with E-state index >= 15 is 0 Å². The highest BCUT2D eigenvalue weighted by molar-refractivity contribution is 5.51. The molecule has 1 aromatic carbocycles. The van der Waals surface area contributed by atoms with E-state index < -0.39 is 0 Å². The zero-order valence-electron chi connectivity index (χ0n) is 17.6. The molecule has 1 aromatic rings. The van der Waals surface area contributed by atoms with Gasteiger partial charge in [0, 0.05) is 24.8 Å². The number of para-hydroxylation sites is 1. The molecule has 0 bridgehead atoms. The Bertz CT molecular complexity index is 372. The number of hydrogen-bond donors (Lipinski definition) is 3. The number of anilines is 1. The fraction of sp³-hybridized carbons (Fsp3) is 0.650. The van der Waals surface area contributed by atoms with Crippen molar-refractivity contribution in [3.8, 4) is 0 Å². The molecule has 0 aromatic heterocycles. The maximum atomic E-state index is 9.50. The van der Waals surface area contributed by atoms with Crippen LogP contribution in [0, 0.1) is 5.92 Å². The molecule has 0 spiro atoms. The van der Waals surface area contributed by atoms with Crippen molar-refractivity contribution in [1.82, 2.24) is 4.90 Å². The summed E-state index contributed by atoms with van der Waals surface area (Å²) in [5, 5.41) is 16.4. The van der Waals surface area contributed by atoms with Crippen LogP contribution in [0.15, 0.2) is 30.3 Å². The Kier molecular flexibility index (Phi) is 29.9. The summed E-state index contributed by atoms with van der Waals surface area (Å²) < 4.78 is 9.73. The van der Waals surface area contributed by atoms with Crippen LogP contribution in [-0.2, 0) is 14.3 Å². The molecule has 0 saturated carbocycles. The summed E-state index contributed by atoms with van der Waals surface area (Å²) in [6, 6.07) is 9.49. The van der Waals surface area contributed by atoms with Gasteiger partial charge in [-0.25, -0.2) is 0 Å². The van der Waals surface area contributed by atoms with Crippen LogP contribution in [0.25, 0.3) is 0 Å². The van der Waals surface area contributed by atoms with Crippen LogP contribution >= 0.6 is 0 Å². The van der Waals surface area contributed by atoms with Crippen molar-refractivity contribution >= 4 is 12.0 Å². The largest absolute Gasteiger partial charge is 0.399 e. The van der Waals surface area contributed by atoms with Crippen LogP contribution in [-0.4, -0.2) is 81.7 Å². The van der Waals surface area contributed by atoms with Gasteiger partial charge in [-0.15, -0.1) is 0 Å². The predicted octanol–water partition coefficient (Wildman–Crippen LogP) is 1.68. The van der Waals surface area contributed by atoms with Crippen molar-refractivity contribution in [2.24, 2.45) is 5.92 Å². The molecule has 0 saturated heterocycles. The number of aliphatic hydroxyl groups is 2. The zero-order valence-corrected chi connectivity index (χ0v) is 17.6. The average Bonchev–Trinajstić information content (AvgIpc) is 2.65. The van der Waals surface area contributed by atoms with Crippen molar-refractivity contribution in [3.05, 3.63) is 30.3 Å². The molecule has 7 heteroatoms. The molecular weight excluding hydrogens is 348 g/mol. The van der Waals surface area contributed by atoms with Gasteiger partial charge in [-0.1, -0.05) is 32.0 Å². The monoisotopic (exact) mass is 388 g/mol. The molecule has 0 aliphatic rings. The number of aldehydes is 1. The van der Waals surface area contributed by atoms with Crippen molar-refractivity contribution in [1.29, 1.82) is 0 Å². The van der Waals surface area contributed by atoms with Gasteiger partial charge in [0.2, 0.25) is 0 Å². The number of benzene rings is 1. The molecule has 0 heterocycles. The van der Waals surface area contributed by atoms with E-state index in [0.29, 0.717) is 26.4 Å². The van der Waals surface area contributed by atoms with E-state index in [1.54, 1.807) is 0 Å². The number of nitrogens with two attached hydrogens (primary N) is 1. The normalized spacial score (nSPS) is 9.37. The highest BCUT2D eigenvalue weighted by Gasteiger charge is 1.88. The summed E-state index contributed by atoms with van der Waals surface area (Å²) in [6.45, 7) is 9.09. The van der Waals surface area contributed by atoms with Crippen LogP contribution in [0.1, 0.15) is 20.8 Å². The minimum atomic E-state index is 0.118. The van der Waals surface area contributed by atoms with E-state index in [-0.39, 0.29) is 19.1 Å². The van der Waals surface area contributed by atoms with E-state index in [2.05, 4.69) is 0 Å². The lowest BCUT2D eigenvalue weighted by Crippen LogP contribution is -2.18. The number of likely N-dealkylation sites (N-methyl/N-ethyl adjacent to an activating group) is 1. The Hall–Kier alpha value is -1.51. The smallest absolute Gasteiger partial charge is 0.122 e. The Morgan fingerprint density at radius 3 is 1.78 bits per heavy atom. The van der Waals surface area contributed by atoms with Gasteiger partial charge in [-0.05, 0) is 33.2 Å². The van der Waals surface area contributed by atoms with Gasteiger partial charge in [0.05, 0.1) is 33.0 Å². The Morgan fingerprint density at radius 1 is 1.04 bits per heavy atom.